The van der Waals surface area contributed by atoms with Crippen molar-refractivity contribution in [2.24, 2.45) is 7.05 Å². The van der Waals surface area contributed by atoms with E-state index >= 15 is 0 Å². The van der Waals surface area contributed by atoms with Crippen LogP contribution in [0.15, 0.2) is 27.7 Å². The molecule has 0 unspecified atom stereocenters. The molecule has 1 aliphatic heterocycles. The smallest absolute Gasteiger partial charge is 0.289 e. The van der Waals surface area contributed by atoms with E-state index in [1.165, 1.54) is 23.0 Å². The minimum atomic E-state index is -0.245. The normalized spacial score (nSPS) is 14.2. The van der Waals surface area contributed by atoms with E-state index < -0.39 is 0 Å². The molecule has 0 bridgehead atoms. The average molecular weight is 294 g/mol. The molecular formula is C13H12ClN3O3. The third-order valence-electron chi connectivity index (χ3n) is 3.36. The van der Waals surface area contributed by atoms with Crippen molar-refractivity contribution in [1.82, 2.24) is 14.5 Å². The summed E-state index contributed by atoms with van der Waals surface area (Å²) in [6, 6.07) is 3.07. The minimum Gasteiger partial charge on any atom is -0.440 e. The third-order valence-corrected chi connectivity index (χ3v) is 3.56. The largest absolute Gasteiger partial charge is 0.440 e. The Morgan fingerprint density at radius 1 is 1.45 bits per heavy atom. The van der Waals surface area contributed by atoms with Crippen LogP contribution in [0.4, 0.5) is 0 Å². The van der Waals surface area contributed by atoms with E-state index in [4.69, 9.17) is 16.0 Å². The summed E-state index contributed by atoms with van der Waals surface area (Å²) in [4.78, 5) is 30.0. The van der Waals surface area contributed by atoms with E-state index in [1.807, 2.05) is 0 Å². The molecule has 0 fully saturated rings. The standard InChI is InChI=1S/C13H12ClN3O3/c1-16-7-15-9-6-17(5-4-8(9)12(16)18)13(19)10-2-3-11(14)20-10/h2-3,7H,4-6H2,1H3. The second-order valence-electron chi connectivity index (χ2n) is 4.67. The Bertz CT molecular complexity index is 735. The number of aromatic nitrogens is 2. The number of aryl methyl sites for hydroxylation is 1. The molecule has 0 aliphatic carbocycles. The molecule has 0 atom stereocenters. The van der Waals surface area contributed by atoms with Crippen LogP contribution < -0.4 is 5.56 Å². The third kappa shape index (κ3) is 2.12. The number of amides is 1. The van der Waals surface area contributed by atoms with Crippen molar-refractivity contribution in [3.05, 3.63) is 51.1 Å². The Balaban J connectivity index is 1.88. The van der Waals surface area contributed by atoms with Gasteiger partial charge >= 0.3 is 0 Å². The van der Waals surface area contributed by atoms with Crippen LogP contribution in [0.3, 0.4) is 0 Å². The summed E-state index contributed by atoms with van der Waals surface area (Å²) in [5.74, 6) is -0.0488. The first kappa shape index (κ1) is 12.9. The van der Waals surface area contributed by atoms with Gasteiger partial charge in [-0.15, -0.1) is 0 Å². The summed E-state index contributed by atoms with van der Waals surface area (Å²) in [6.07, 6.45) is 1.97. The van der Waals surface area contributed by atoms with Gasteiger partial charge in [-0.25, -0.2) is 4.98 Å². The molecule has 0 N–H and O–H groups in total. The zero-order valence-electron chi connectivity index (χ0n) is 10.8. The Labute approximate surface area is 119 Å². The molecule has 2 aromatic rings. The molecule has 3 heterocycles. The van der Waals surface area contributed by atoms with Crippen LogP contribution in [0.2, 0.25) is 5.22 Å². The predicted octanol–water partition coefficient (Wildman–Crippen LogP) is 1.23. The van der Waals surface area contributed by atoms with Gasteiger partial charge in [-0.1, -0.05) is 0 Å². The number of halogens is 1. The number of carbonyl (C=O) groups excluding carboxylic acids is 1. The van der Waals surface area contributed by atoms with E-state index in [9.17, 15) is 9.59 Å². The molecule has 1 aliphatic rings. The molecular weight excluding hydrogens is 282 g/mol. The van der Waals surface area contributed by atoms with Gasteiger partial charge in [0.2, 0.25) is 0 Å². The number of fused-ring (bicyclic) bond motifs is 1. The van der Waals surface area contributed by atoms with Gasteiger partial charge in [0.1, 0.15) is 0 Å². The second kappa shape index (κ2) is 4.79. The van der Waals surface area contributed by atoms with E-state index in [1.54, 1.807) is 11.9 Å². The first-order valence-electron chi connectivity index (χ1n) is 6.14. The molecule has 7 heteroatoms. The molecule has 3 rings (SSSR count). The Morgan fingerprint density at radius 3 is 2.95 bits per heavy atom. The van der Waals surface area contributed by atoms with E-state index in [0.717, 1.165) is 0 Å². The van der Waals surface area contributed by atoms with Crippen LogP contribution >= 0.6 is 11.6 Å². The van der Waals surface area contributed by atoms with Gasteiger partial charge in [0, 0.05) is 19.2 Å². The fourth-order valence-corrected chi connectivity index (χ4v) is 2.42. The molecule has 6 nitrogen and oxygen atoms in total. The van der Waals surface area contributed by atoms with Gasteiger partial charge in [0.15, 0.2) is 11.0 Å². The maximum Gasteiger partial charge on any atom is 0.289 e. The lowest BCUT2D eigenvalue weighted by atomic mass is 10.1. The van der Waals surface area contributed by atoms with Gasteiger partial charge in [0.25, 0.3) is 11.5 Å². The Kier molecular flexibility index (Phi) is 3.10. The first-order valence-corrected chi connectivity index (χ1v) is 6.52. The molecule has 20 heavy (non-hydrogen) atoms. The Morgan fingerprint density at radius 2 is 2.25 bits per heavy atom. The highest BCUT2D eigenvalue weighted by atomic mass is 35.5. The highest BCUT2D eigenvalue weighted by Gasteiger charge is 2.26. The molecule has 0 saturated heterocycles. The number of rotatable bonds is 1. The van der Waals surface area contributed by atoms with Crippen LogP contribution in [0.5, 0.6) is 0 Å². The number of furan rings is 1. The zero-order valence-corrected chi connectivity index (χ0v) is 11.6. The summed E-state index contributed by atoms with van der Waals surface area (Å²) >= 11 is 5.67. The summed E-state index contributed by atoms with van der Waals surface area (Å²) in [5, 5.41) is 0.178. The zero-order chi connectivity index (χ0) is 14.3. The monoisotopic (exact) mass is 293 g/mol. The number of hydrogen-bond acceptors (Lipinski definition) is 4. The van der Waals surface area contributed by atoms with E-state index in [-0.39, 0.29) is 22.4 Å². The van der Waals surface area contributed by atoms with Crippen molar-refractivity contribution < 1.29 is 9.21 Å². The molecule has 1 amide bonds. The lowest BCUT2D eigenvalue weighted by molar-refractivity contribution is 0.0699. The quantitative estimate of drug-likeness (QED) is 0.793. The van der Waals surface area contributed by atoms with Crippen LogP contribution in [0, 0.1) is 0 Å². The highest BCUT2D eigenvalue weighted by Crippen LogP contribution is 2.19. The highest BCUT2D eigenvalue weighted by molar-refractivity contribution is 6.29. The number of carbonyl (C=O) groups is 1. The SMILES string of the molecule is Cn1cnc2c(c1=O)CCN(C(=O)c1ccc(Cl)o1)C2. The van der Waals surface area contributed by atoms with Gasteiger partial charge < -0.3 is 13.9 Å². The van der Waals surface area contributed by atoms with Gasteiger partial charge in [-0.3, -0.25) is 9.59 Å². The fourth-order valence-electron chi connectivity index (χ4n) is 2.28. The summed E-state index contributed by atoms with van der Waals surface area (Å²) in [5.41, 5.74) is 1.27. The van der Waals surface area contributed by atoms with Crippen molar-refractivity contribution in [3.8, 4) is 0 Å². The van der Waals surface area contributed by atoms with Crippen LogP contribution in [-0.4, -0.2) is 26.9 Å². The average Bonchev–Trinajstić information content (AvgIpc) is 2.88. The fraction of sp³-hybridized carbons (Fsp3) is 0.308. The summed E-state index contributed by atoms with van der Waals surface area (Å²) in [7, 11) is 1.66. The lowest BCUT2D eigenvalue weighted by Crippen LogP contribution is -2.39. The van der Waals surface area contributed by atoms with E-state index in [0.29, 0.717) is 30.8 Å². The number of hydrogen-bond donors (Lipinski definition) is 0. The van der Waals surface area contributed by atoms with Gasteiger partial charge in [-0.2, -0.15) is 0 Å². The van der Waals surface area contributed by atoms with Crippen molar-refractivity contribution in [2.45, 2.75) is 13.0 Å². The first-order chi connectivity index (χ1) is 9.56. The predicted molar refractivity (Wildman–Crippen MR) is 71.6 cm³/mol. The van der Waals surface area contributed by atoms with Gasteiger partial charge in [-0.05, 0) is 30.2 Å². The van der Waals surface area contributed by atoms with Crippen molar-refractivity contribution in [2.75, 3.05) is 6.54 Å². The van der Waals surface area contributed by atoms with Crippen molar-refractivity contribution in [3.63, 3.8) is 0 Å². The van der Waals surface area contributed by atoms with Crippen molar-refractivity contribution >= 4 is 17.5 Å². The Hall–Kier alpha value is -2.08. The van der Waals surface area contributed by atoms with Gasteiger partial charge in [0.05, 0.1) is 18.6 Å². The van der Waals surface area contributed by atoms with Crippen LogP contribution in [0.25, 0.3) is 0 Å². The molecule has 0 saturated carbocycles. The lowest BCUT2D eigenvalue weighted by Gasteiger charge is -2.27. The minimum absolute atomic E-state index is 0.0526. The second-order valence-corrected chi connectivity index (χ2v) is 5.04. The summed E-state index contributed by atoms with van der Waals surface area (Å²) < 4.78 is 6.56. The summed E-state index contributed by atoms with van der Waals surface area (Å²) in [6.45, 7) is 0.771. The number of nitrogens with zero attached hydrogens (tertiary/aromatic N) is 3. The molecule has 0 radical (unpaired) electrons. The van der Waals surface area contributed by atoms with E-state index in [2.05, 4.69) is 4.98 Å². The molecule has 2 aromatic heterocycles. The van der Waals surface area contributed by atoms with Crippen LogP contribution in [-0.2, 0) is 20.0 Å². The molecule has 0 spiro atoms. The van der Waals surface area contributed by atoms with Crippen LogP contribution in [0.1, 0.15) is 21.8 Å². The topological polar surface area (TPSA) is 68.3 Å². The molecule has 104 valence electrons. The maximum atomic E-state index is 12.2. The maximum absolute atomic E-state index is 12.2. The van der Waals surface area contributed by atoms with Crippen molar-refractivity contribution in [1.29, 1.82) is 0 Å². The molecule has 0 aromatic carbocycles.